The van der Waals surface area contributed by atoms with Crippen LogP contribution in [0.3, 0.4) is 0 Å². The number of anilines is 6. The maximum Gasteiger partial charge on any atom is 0.295 e. The lowest BCUT2D eigenvalue weighted by Crippen LogP contribution is -2.11. The second-order valence-electron chi connectivity index (χ2n) is 14.9. The molecule has 6 aromatic carbocycles. The molecule has 0 saturated carbocycles. The van der Waals surface area contributed by atoms with E-state index >= 15 is 0 Å². The van der Waals surface area contributed by atoms with Gasteiger partial charge in [-0.2, -0.15) is 25.3 Å². The number of aryl methyl sites for hydroxylation is 4. The van der Waals surface area contributed by atoms with Crippen molar-refractivity contribution in [2.75, 3.05) is 22.6 Å². The third-order valence-electron chi connectivity index (χ3n) is 10.4. The molecule has 0 aliphatic carbocycles. The predicted molar refractivity (Wildman–Crippen MR) is 238 cm³/mol. The maximum atomic E-state index is 13.2. The summed E-state index contributed by atoms with van der Waals surface area (Å²) < 4.78 is 112. The van der Waals surface area contributed by atoms with Crippen molar-refractivity contribution in [2.45, 2.75) is 69.1 Å². The molecule has 0 spiro atoms. The average molecular weight is 886 g/mol. The second-order valence-corrected chi connectivity index (χ2v) is 19.0. The second kappa shape index (κ2) is 17.3. The van der Waals surface area contributed by atoms with Crippen LogP contribution in [0.25, 0.3) is 0 Å². The topological polar surface area (TPSA) is 208 Å². The first kappa shape index (κ1) is 44.8. The molecule has 0 unspecified atom stereocenters. The summed E-state index contributed by atoms with van der Waals surface area (Å²) in [6, 6.07) is 29.4. The van der Waals surface area contributed by atoms with Gasteiger partial charge in [0.25, 0.3) is 30.4 Å². The largest absolute Gasteiger partial charge is 0.494 e. The van der Waals surface area contributed by atoms with Gasteiger partial charge in [0.2, 0.25) is 0 Å². The van der Waals surface area contributed by atoms with E-state index in [-0.39, 0.29) is 20.2 Å². The molecule has 0 bridgehead atoms. The van der Waals surface area contributed by atoms with Crippen LogP contribution in [0, 0.1) is 41.5 Å². The Morgan fingerprint density at radius 2 is 0.885 bits per heavy atom. The van der Waals surface area contributed by atoms with Crippen molar-refractivity contribution in [3.8, 4) is 5.75 Å². The summed E-state index contributed by atoms with van der Waals surface area (Å²) in [6.45, 7) is 12.4. The van der Waals surface area contributed by atoms with Crippen molar-refractivity contribution in [3.05, 3.63) is 153 Å². The highest BCUT2D eigenvalue weighted by Crippen LogP contribution is 2.40. The van der Waals surface area contributed by atoms with E-state index in [0.717, 1.165) is 11.1 Å². The van der Waals surface area contributed by atoms with Crippen molar-refractivity contribution < 1.29 is 43.6 Å². The van der Waals surface area contributed by atoms with E-state index in [4.69, 9.17) is 4.74 Å². The average Bonchev–Trinajstić information content (AvgIpc) is 3.16. The smallest absolute Gasteiger partial charge is 0.295 e. The maximum absolute atomic E-state index is 13.2. The van der Waals surface area contributed by atoms with Gasteiger partial charge >= 0.3 is 0 Å². The Bertz CT molecular complexity index is 2830. The van der Waals surface area contributed by atoms with Crippen molar-refractivity contribution in [2.24, 2.45) is 0 Å². The van der Waals surface area contributed by atoms with Crippen molar-refractivity contribution >= 4 is 64.5 Å². The van der Waals surface area contributed by atoms with Gasteiger partial charge in [-0.05, 0) is 159 Å². The van der Waals surface area contributed by atoms with Crippen LogP contribution >= 0.6 is 0 Å². The number of rotatable bonds is 14. The molecule has 6 aromatic rings. The molecule has 0 heterocycles. The van der Waals surface area contributed by atoms with E-state index in [1.807, 2.05) is 20.8 Å². The fourth-order valence-electron chi connectivity index (χ4n) is 7.91. The molecule has 320 valence electrons. The first-order chi connectivity index (χ1) is 28.6. The third-order valence-corrected chi connectivity index (χ3v) is 13.6. The van der Waals surface area contributed by atoms with Gasteiger partial charge in [0.05, 0.1) is 6.61 Å². The van der Waals surface area contributed by atoms with Crippen LogP contribution in [0.15, 0.2) is 118 Å². The number of benzene rings is 6. The molecule has 13 nitrogen and oxygen atoms in total. The Kier molecular flexibility index (Phi) is 12.7. The summed E-state index contributed by atoms with van der Waals surface area (Å²) in [5, 5.41) is 9.73. The van der Waals surface area contributed by atoms with Gasteiger partial charge in [-0.1, -0.05) is 42.5 Å². The number of hydrogen-bond donors (Lipinski definition) is 6. The molecule has 0 radical (unpaired) electrons. The quantitative estimate of drug-likeness (QED) is 0.0445. The lowest BCUT2D eigenvalue weighted by Gasteiger charge is -2.23. The lowest BCUT2D eigenvalue weighted by molar-refractivity contribution is 0.340. The van der Waals surface area contributed by atoms with Crippen LogP contribution in [0.5, 0.6) is 5.75 Å². The Morgan fingerprint density at radius 3 is 1.28 bits per heavy atom. The van der Waals surface area contributed by atoms with Gasteiger partial charge in [0, 0.05) is 40.0 Å². The van der Waals surface area contributed by atoms with Crippen LogP contribution in [0.4, 0.5) is 34.1 Å². The highest BCUT2D eigenvalue weighted by molar-refractivity contribution is 7.86. The van der Waals surface area contributed by atoms with Crippen LogP contribution < -0.4 is 20.7 Å². The molecule has 6 rings (SSSR count). The number of nitrogens with one attached hydrogen (secondary N) is 3. The molecule has 6 N–H and O–H groups in total. The summed E-state index contributed by atoms with van der Waals surface area (Å²) in [7, 11) is -13.8. The molecule has 0 saturated heterocycles. The zero-order valence-electron chi connectivity index (χ0n) is 34.5. The van der Waals surface area contributed by atoms with Crippen LogP contribution in [0.2, 0.25) is 0 Å². The predicted octanol–water partition coefficient (Wildman–Crippen LogP) is 10.1. The first-order valence-electron chi connectivity index (χ1n) is 19.1. The van der Waals surface area contributed by atoms with Gasteiger partial charge in [0.15, 0.2) is 0 Å². The van der Waals surface area contributed by atoms with E-state index in [2.05, 4.69) is 16.0 Å². The van der Waals surface area contributed by atoms with E-state index in [0.29, 0.717) is 79.9 Å². The van der Waals surface area contributed by atoms with Crippen molar-refractivity contribution in [1.82, 2.24) is 0 Å². The van der Waals surface area contributed by atoms with E-state index in [9.17, 15) is 38.9 Å². The van der Waals surface area contributed by atoms with Crippen LogP contribution in [0.1, 0.15) is 62.9 Å². The van der Waals surface area contributed by atoms with Crippen LogP contribution in [-0.4, -0.2) is 45.5 Å². The van der Waals surface area contributed by atoms with Crippen molar-refractivity contribution in [3.63, 3.8) is 0 Å². The van der Waals surface area contributed by atoms with Gasteiger partial charge in [-0.25, -0.2) is 0 Å². The Balaban J connectivity index is 1.43. The summed E-state index contributed by atoms with van der Waals surface area (Å²) in [6.07, 6.45) is 0. The van der Waals surface area contributed by atoms with E-state index < -0.39 is 36.3 Å². The van der Waals surface area contributed by atoms with E-state index in [1.165, 1.54) is 6.07 Å². The van der Waals surface area contributed by atoms with Gasteiger partial charge in [0.1, 0.15) is 20.4 Å². The lowest BCUT2D eigenvalue weighted by atomic mass is 9.84. The molecule has 0 amide bonds. The Hall–Kier alpha value is -5.75. The van der Waals surface area contributed by atoms with Crippen molar-refractivity contribution in [1.29, 1.82) is 0 Å². The molecule has 0 fully saturated rings. The minimum Gasteiger partial charge on any atom is -0.494 e. The Labute approximate surface area is 357 Å². The molecule has 0 aromatic heterocycles. The molecular weight excluding hydrogens is 839 g/mol. The van der Waals surface area contributed by atoms with Gasteiger partial charge < -0.3 is 20.7 Å². The minimum absolute atomic E-state index is 0.181. The zero-order valence-corrected chi connectivity index (χ0v) is 37.0. The molecule has 0 aliphatic heterocycles. The molecule has 61 heavy (non-hydrogen) atoms. The third kappa shape index (κ3) is 9.91. The summed E-state index contributed by atoms with van der Waals surface area (Å²) in [4.78, 5) is -0.690. The highest BCUT2D eigenvalue weighted by atomic mass is 32.2. The molecular formula is C45H47N3O10S3. The van der Waals surface area contributed by atoms with Gasteiger partial charge in [-0.3, -0.25) is 13.7 Å². The normalized spacial score (nSPS) is 12.0. The Morgan fingerprint density at radius 1 is 0.492 bits per heavy atom. The monoisotopic (exact) mass is 885 g/mol. The summed E-state index contributed by atoms with van der Waals surface area (Å²) >= 11 is 0. The molecule has 16 heteroatoms. The molecule has 0 aliphatic rings. The fraction of sp³-hybridized carbons (Fsp3) is 0.200. The van der Waals surface area contributed by atoms with E-state index in [1.54, 1.807) is 125 Å². The standard InChI is InChI=1S/C45H47N3O10S3/c1-8-58-38-20-17-34(18-21-38)46-37-19-22-39(40(25-37)59(49,50)51)41(32-9-13-35(14-10-32)47-42-26(2)23-28(4)44(30(42)6)60(52,53)54)33-11-15-36(16-12-33)48-43-27(3)24-29(5)45(31(43)7)61(55,56)57/h9-25,41,46-48H,8H2,1-7H3,(H,49,50,51)(H,52,53,54)(H,55,56,57). The first-order valence-corrected chi connectivity index (χ1v) is 23.4. The fourth-order valence-corrected chi connectivity index (χ4v) is 10.6. The summed E-state index contributed by atoms with van der Waals surface area (Å²) in [5.41, 5.74) is 7.77. The minimum atomic E-state index is -4.80. The SMILES string of the molecule is CCOc1ccc(Nc2ccc(C(c3ccc(Nc4c(C)cc(C)c(S(=O)(=O)O)c4C)cc3)c3ccc(Nc4c(C)cc(C)c(S(=O)(=O)O)c4C)cc3)c(S(=O)(=O)O)c2)cc1. The van der Waals surface area contributed by atoms with Crippen LogP contribution in [-0.2, 0) is 30.4 Å². The number of hydrogen-bond acceptors (Lipinski definition) is 10. The highest BCUT2D eigenvalue weighted by Gasteiger charge is 2.27. The summed E-state index contributed by atoms with van der Waals surface area (Å²) in [5.74, 6) is -0.0891. The molecule has 0 atom stereocenters. The van der Waals surface area contributed by atoms with Gasteiger partial charge in [-0.15, -0.1) is 0 Å². The number of ether oxygens (including phenoxy) is 1. The zero-order chi connectivity index (χ0) is 44.6.